The van der Waals surface area contributed by atoms with Gasteiger partial charge in [0.25, 0.3) is 5.56 Å². The van der Waals surface area contributed by atoms with Crippen LogP contribution in [-0.4, -0.2) is 49.9 Å². The van der Waals surface area contributed by atoms with Gasteiger partial charge < -0.3 is 25.8 Å². The average molecular weight is 418 g/mol. The summed E-state index contributed by atoms with van der Waals surface area (Å²) in [6.07, 6.45) is 1.44. The van der Waals surface area contributed by atoms with Crippen molar-refractivity contribution in [1.29, 1.82) is 0 Å². The number of rotatable bonds is 8. The largest absolute Gasteiger partial charge is 0.394 e. The van der Waals surface area contributed by atoms with Gasteiger partial charge >= 0.3 is 0 Å². The van der Waals surface area contributed by atoms with Gasteiger partial charge in [-0.25, -0.2) is 9.97 Å². The molecular formula is C19H20ClN5O4. The van der Waals surface area contributed by atoms with Gasteiger partial charge in [-0.15, -0.1) is 0 Å². The maximum absolute atomic E-state index is 13.2. The summed E-state index contributed by atoms with van der Waals surface area (Å²) in [6, 6.07) is 8.11. The zero-order chi connectivity index (χ0) is 21.0. The Balaban J connectivity index is 2.18. The standard InChI is InChI=1S/C19H20ClN5O4/c20-14-4-2-1-3-13(14)15-7-11-8-22-19(23-12(9-26)10-27)24-17(11)18(29)25(15)6-5-16(21)28/h1-4,7-8,12,26-27H,5-6,9-10H2,(H2,21,28)(H,22,23,24). The Morgan fingerprint density at radius 2 is 2.00 bits per heavy atom. The van der Waals surface area contributed by atoms with Crippen LogP contribution in [0.1, 0.15) is 6.42 Å². The Bertz CT molecular complexity index is 1100. The molecular weight excluding hydrogens is 398 g/mol. The quantitative estimate of drug-likeness (QED) is 0.423. The van der Waals surface area contributed by atoms with Crippen molar-refractivity contribution in [3.8, 4) is 11.3 Å². The third kappa shape index (κ3) is 4.53. The summed E-state index contributed by atoms with van der Waals surface area (Å²) in [4.78, 5) is 32.8. The molecule has 0 aliphatic rings. The van der Waals surface area contributed by atoms with Gasteiger partial charge in [-0.05, 0) is 12.1 Å². The van der Waals surface area contributed by atoms with E-state index in [1.165, 1.54) is 10.8 Å². The zero-order valence-corrected chi connectivity index (χ0v) is 16.1. The molecule has 0 atom stereocenters. The summed E-state index contributed by atoms with van der Waals surface area (Å²) < 4.78 is 1.40. The topological polar surface area (TPSA) is 143 Å². The Morgan fingerprint density at radius 1 is 1.28 bits per heavy atom. The van der Waals surface area contributed by atoms with Gasteiger partial charge in [-0.2, -0.15) is 0 Å². The van der Waals surface area contributed by atoms with Crippen molar-refractivity contribution in [2.45, 2.75) is 19.0 Å². The van der Waals surface area contributed by atoms with Gasteiger partial charge in [0.1, 0.15) is 5.52 Å². The second-order valence-corrected chi connectivity index (χ2v) is 6.79. The molecule has 0 fully saturated rings. The van der Waals surface area contributed by atoms with E-state index in [1.807, 2.05) is 0 Å². The lowest BCUT2D eigenvalue weighted by molar-refractivity contribution is -0.118. The van der Waals surface area contributed by atoms with Crippen molar-refractivity contribution in [2.75, 3.05) is 18.5 Å². The summed E-state index contributed by atoms with van der Waals surface area (Å²) in [6.45, 7) is -0.592. The molecule has 9 nitrogen and oxygen atoms in total. The SMILES string of the molecule is NC(=O)CCn1c(-c2ccccc2Cl)cc2cnc(NC(CO)CO)nc2c1=O. The minimum atomic E-state index is -0.660. The first-order chi connectivity index (χ1) is 13.9. The van der Waals surface area contributed by atoms with Crippen LogP contribution >= 0.6 is 11.6 Å². The van der Waals surface area contributed by atoms with E-state index >= 15 is 0 Å². The van der Waals surface area contributed by atoms with Gasteiger partial charge in [0.2, 0.25) is 11.9 Å². The molecule has 10 heteroatoms. The van der Waals surface area contributed by atoms with Crippen LogP contribution in [0.2, 0.25) is 5.02 Å². The van der Waals surface area contributed by atoms with Crippen molar-refractivity contribution >= 4 is 34.4 Å². The molecule has 3 rings (SSSR count). The van der Waals surface area contributed by atoms with E-state index in [0.717, 1.165) is 0 Å². The lowest BCUT2D eigenvalue weighted by Crippen LogP contribution is -2.29. The monoisotopic (exact) mass is 417 g/mol. The lowest BCUT2D eigenvalue weighted by atomic mass is 10.1. The molecule has 5 N–H and O–H groups in total. The molecule has 152 valence electrons. The molecule has 2 heterocycles. The van der Waals surface area contributed by atoms with Crippen LogP contribution < -0.4 is 16.6 Å². The highest BCUT2D eigenvalue weighted by atomic mass is 35.5. The highest BCUT2D eigenvalue weighted by Gasteiger charge is 2.16. The van der Waals surface area contributed by atoms with Crippen LogP contribution in [0.4, 0.5) is 5.95 Å². The number of aliphatic hydroxyl groups excluding tert-OH is 2. The first-order valence-electron chi connectivity index (χ1n) is 8.86. The van der Waals surface area contributed by atoms with Gasteiger partial charge in [-0.3, -0.25) is 9.59 Å². The predicted molar refractivity (Wildman–Crippen MR) is 110 cm³/mol. The van der Waals surface area contributed by atoms with E-state index in [9.17, 15) is 19.8 Å². The Kier molecular flexibility index (Phi) is 6.42. The first kappa shape index (κ1) is 20.7. The number of aromatic nitrogens is 3. The number of pyridine rings is 1. The Hall–Kier alpha value is -3.01. The number of benzene rings is 1. The lowest BCUT2D eigenvalue weighted by Gasteiger charge is -2.16. The molecule has 3 aromatic rings. The van der Waals surface area contributed by atoms with Crippen molar-refractivity contribution in [3.63, 3.8) is 0 Å². The molecule has 0 spiro atoms. The maximum Gasteiger partial charge on any atom is 0.277 e. The molecule has 0 radical (unpaired) electrons. The number of nitrogens with two attached hydrogens (primary N) is 1. The first-order valence-corrected chi connectivity index (χ1v) is 9.24. The van der Waals surface area contributed by atoms with E-state index in [4.69, 9.17) is 17.3 Å². The number of amides is 1. The number of carbonyl (C=O) groups excluding carboxylic acids is 1. The van der Waals surface area contributed by atoms with Crippen LogP contribution in [0.25, 0.3) is 22.2 Å². The van der Waals surface area contributed by atoms with Crippen LogP contribution in [0.3, 0.4) is 0 Å². The molecule has 0 aliphatic heterocycles. The van der Waals surface area contributed by atoms with Gasteiger partial charge in [0.05, 0.1) is 24.9 Å². The second-order valence-electron chi connectivity index (χ2n) is 6.39. The molecule has 0 unspecified atom stereocenters. The summed E-state index contributed by atoms with van der Waals surface area (Å²) >= 11 is 6.32. The van der Waals surface area contributed by atoms with Crippen LogP contribution in [0.15, 0.2) is 41.3 Å². The zero-order valence-electron chi connectivity index (χ0n) is 15.4. The van der Waals surface area contributed by atoms with Gasteiger partial charge in [0, 0.05) is 35.1 Å². The number of fused-ring (bicyclic) bond motifs is 1. The molecule has 0 aliphatic carbocycles. The highest BCUT2D eigenvalue weighted by Crippen LogP contribution is 2.28. The van der Waals surface area contributed by atoms with E-state index in [2.05, 4.69) is 15.3 Å². The summed E-state index contributed by atoms with van der Waals surface area (Å²) in [5.74, 6) is -0.449. The fraction of sp³-hybridized carbons (Fsp3) is 0.263. The average Bonchev–Trinajstić information content (AvgIpc) is 2.71. The van der Waals surface area contributed by atoms with E-state index < -0.39 is 17.5 Å². The molecule has 2 aromatic heterocycles. The van der Waals surface area contributed by atoms with Gasteiger partial charge in [0.15, 0.2) is 0 Å². The van der Waals surface area contributed by atoms with Gasteiger partial charge in [-0.1, -0.05) is 29.8 Å². The highest BCUT2D eigenvalue weighted by molar-refractivity contribution is 6.33. The molecule has 0 saturated heterocycles. The number of nitrogens with one attached hydrogen (secondary N) is 1. The molecule has 1 amide bonds. The molecule has 0 bridgehead atoms. The minimum absolute atomic E-state index is 0.0316. The van der Waals surface area contributed by atoms with Crippen molar-refractivity contribution in [1.82, 2.24) is 14.5 Å². The summed E-state index contributed by atoms with van der Waals surface area (Å²) in [5, 5.41) is 22.1. The molecule has 29 heavy (non-hydrogen) atoms. The van der Waals surface area contributed by atoms with Crippen LogP contribution in [-0.2, 0) is 11.3 Å². The second kappa shape index (κ2) is 8.99. The number of aliphatic hydroxyl groups is 2. The third-order valence-corrected chi connectivity index (χ3v) is 4.68. The number of primary amides is 1. The van der Waals surface area contributed by atoms with Crippen LogP contribution in [0.5, 0.6) is 0 Å². The molecule has 1 aromatic carbocycles. The number of hydrogen-bond acceptors (Lipinski definition) is 7. The van der Waals surface area contributed by atoms with E-state index in [0.29, 0.717) is 21.7 Å². The number of carbonyl (C=O) groups is 1. The fourth-order valence-electron chi connectivity index (χ4n) is 2.87. The Morgan fingerprint density at radius 3 is 2.66 bits per heavy atom. The third-order valence-electron chi connectivity index (χ3n) is 4.35. The smallest absolute Gasteiger partial charge is 0.277 e. The number of anilines is 1. The van der Waals surface area contributed by atoms with Crippen molar-refractivity contribution in [2.24, 2.45) is 5.73 Å². The van der Waals surface area contributed by atoms with Crippen molar-refractivity contribution < 1.29 is 15.0 Å². The number of halogens is 1. The van der Waals surface area contributed by atoms with E-state index in [-0.39, 0.29) is 37.6 Å². The van der Waals surface area contributed by atoms with E-state index in [1.54, 1.807) is 30.3 Å². The van der Waals surface area contributed by atoms with Crippen molar-refractivity contribution in [3.05, 3.63) is 51.9 Å². The fourth-order valence-corrected chi connectivity index (χ4v) is 3.10. The summed E-state index contributed by atoms with van der Waals surface area (Å²) in [5.41, 5.74) is 6.10. The summed E-state index contributed by atoms with van der Waals surface area (Å²) in [7, 11) is 0. The minimum Gasteiger partial charge on any atom is -0.394 e. The normalized spacial score (nSPS) is 11.2. The Labute approximate surface area is 170 Å². The van der Waals surface area contributed by atoms with Crippen LogP contribution in [0, 0.1) is 0 Å². The predicted octanol–water partition coefficient (Wildman–Crippen LogP) is 0.752. The number of nitrogens with zero attached hydrogens (tertiary/aromatic N) is 3. The number of hydrogen-bond donors (Lipinski definition) is 4. The molecule has 0 saturated carbocycles. The maximum atomic E-state index is 13.2.